The molecule has 2 atom stereocenters. The van der Waals surface area contributed by atoms with Crippen molar-refractivity contribution in [3.63, 3.8) is 0 Å². The smallest absolute Gasteiger partial charge is 0.261 e. The molecule has 2 rings (SSSR count). The second-order valence-electron chi connectivity index (χ2n) is 6.97. The van der Waals surface area contributed by atoms with Crippen molar-refractivity contribution in [1.82, 2.24) is 10.2 Å². The SMILES string of the molecule is CC[C@@H](C)NC(=O)[C@H](C)N(Cc1ccccc1F)C(=O)COc1ccc(Cl)cc1Br. The summed E-state index contributed by atoms with van der Waals surface area (Å²) < 4.78 is 20.4. The van der Waals surface area contributed by atoms with Crippen LogP contribution in [-0.4, -0.2) is 35.4 Å². The lowest BCUT2D eigenvalue weighted by Crippen LogP contribution is -2.50. The Bertz CT molecular complexity index is 896. The molecule has 2 amide bonds. The van der Waals surface area contributed by atoms with Crippen LogP contribution in [0.4, 0.5) is 4.39 Å². The van der Waals surface area contributed by atoms with E-state index in [9.17, 15) is 14.0 Å². The fraction of sp³-hybridized carbons (Fsp3) is 0.364. The highest BCUT2D eigenvalue weighted by Crippen LogP contribution is 2.28. The molecular weight excluding hydrogens is 475 g/mol. The van der Waals surface area contributed by atoms with Crippen molar-refractivity contribution in [1.29, 1.82) is 0 Å². The van der Waals surface area contributed by atoms with Crippen LogP contribution in [0.2, 0.25) is 5.02 Å². The third kappa shape index (κ3) is 6.71. The molecule has 2 aromatic rings. The molecule has 0 radical (unpaired) electrons. The van der Waals surface area contributed by atoms with Crippen LogP contribution in [0, 0.1) is 5.82 Å². The topological polar surface area (TPSA) is 58.6 Å². The molecule has 0 heterocycles. The van der Waals surface area contributed by atoms with Gasteiger partial charge in [0.1, 0.15) is 17.6 Å². The highest BCUT2D eigenvalue weighted by Gasteiger charge is 2.28. The number of nitrogens with one attached hydrogen (secondary N) is 1. The van der Waals surface area contributed by atoms with Crippen LogP contribution >= 0.6 is 27.5 Å². The molecule has 1 N–H and O–H groups in total. The summed E-state index contributed by atoms with van der Waals surface area (Å²) in [5, 5.41) is 3.39. The lowest BCUT2D eigenvalue weighted by atomic mass is 10.1. The molecule has 0 fully saturated rings. The van der Waals surface area contributed by atoms with Gasteiger partial charge in [0.05, 0.1) is 4.47 Å². The van der Waals surface area contributed by atoms with E-state index in [1.165, 1.54) is 11.0 Å². The van der Waals surface area contributed by atoms with Crippen molar-refractivity contribution in [2.75, 3.05) is 6.61 Å². The van der Waals surface area contributed by atoms with Gasteiger partial charge in [-0.1, -0.05) is 36.7 Å². The molecule has 0 unspecified atom stereocenters. The number of halogens is 3. The van der Waals surface area contributed by atoms with Gasteiger partial charge in [0, 0.05) is 23.2 Å². The first-order valence-corrected chi connectivity index (χ1v) is 10.8. The van der Waals surface area contributed by atoms with E-state index in [0.717, 1.165) is 6.42 Å². The lowest BCUT2D eigenvalue weighted by Gasteiger charge is -2.29. The minimum absolute atomic E-state index is 0.0355. The highest BCUT2D eigenvalue weighted by atomic mass is 79.9. The van der Waals surface area contributed by atoms with Crippen LogP contribution in [-0.2, 0) is 16.1 Å². The van der Waals surface area contributed by atoms with Gasteiger partial charge < -0.3 is 15.0 Å². The first kappa shape index (κ1) is 24.2. The van der Waals surface area contributed by atoms with Crippen molar-refractivity contribution in [2.45, 2.75) is 45.8 Å². The van der Waals surface area contributed by atoms with E-state index >= 15 is 0 Å². The standard InChI is InChI=1S/C22H25BrClFN2O3/c1-4-14(2)26-22(29)15(3)27(12-16-7-5-6-8-19(16)25)21(28)13-30-20-10-9-17(24)11-18(20)23/h5-11,14-15H,4,12-13H2,1-3H3,(H,26,29)/t14-,15+/m1/s1. The Morgan fingerprint density at radius 1 is 1.23 bits per heavy atom. The van der Waals surface area contributed by atoms with Gasteiger partial charge in [-0.05, 0) is 60.5 Å². The summed E-state index contributed by atoms with van der Waals surface area (Å²) in [5.74, 6) is -0.741. The Morgan fingerprint density at radius 2 is 1.93 bits per heavy atom. The minimum Gasteiger partial charge on any atom is -0.483 e. The van der Waals surface area contributed by atoms with Gasteiger partial charge in [-0.15, -0.1) is 0 Å². The third-order valence-electron chi connectivity index (χ3n) is 4.71. The van der Waals surface area contributed by atoms with Gasteiger partial charge in [-0.2, -0.15) is 0 Å². The maximum absolute atomic E-state index is 14.2. The Hall–Kier alpha value is -2.12. The molecule has 162 valence electrons. The zero-order valence-corrected chi connectivity index (χ0v) is 19.5. The second kappa shape index (κ2) is 11.3. The summed E-state index contributed by atoms with van der Waals surface area (Å²) in [6, 6.07) is 10.3. The number of ether oxygens (including phenoxy) is 1. The zero-order chi connectivity index (χ0) is 22.3. The van der Waals surface area contributed by atoms with Crippen LogP contribution in [0.25, 0.3) is 0 Å². The summed E-state index contributed by atoms with van der Waals surface area (Å²) in [6.45, 7) is 5.10. The molecule has 0 aliphatic heterocycles. The zero-order valence-electron chi connectivity index (χ0n) is 17.1. The average molecular weight is 500 g/mol. The summed E-state index contributed by atoms with van der Waals surface area (Å²) in [7, 11) is 0. The number of carbonyl (C=O) groups excluding carboxylic acids is 2. The molecule has 30 heavy (non-hydrogen) atoms. The largest absolute Gasteiger partial charge is 0.483 e. The third-order valence-corrected chi connectivity index (χ3v) is 5.57. The Balaban J connectivity index is 2.19. The van der Waals surface area contributed by atoms with Crippen molar-refractivity contribution >= 4 is 39.3 Å². The van der Waals surface area contributed by atoms with Gasteiger partial charge in [-0.25, -0.2) is 4.39 Å². The predicted molar refractivity (Wildman–Crippen MR) is 119 cm³/mol. The Morgan fingerprint density at radius 3 is 2.57 bits per heavy atom. The van der Waals surface area contributed by atoms with Crippen LogP contribution in [0.3, 0.4) is 0 Å². The van der Waals surface area contributed by atoms with Gasteiger partial charge in [-0.3, -0.25) is 9.59 Å². The van der Waals surface area contributed by atoms with E-state index in [1.807, 2.05) is 13.8 Å². The molecule has 0 aromatic heterocycles. The maximum atomic E-state index is 14.2. The summed E-state index contributed by atoms with van der Waals surface area (Å²) in [4.78, 5) is 26.9. The first-order chi connectivity index (χ1) is 14.2. The van der Waals surface area contributed by atoms with Crippen LogP contribution < -0.4 is 10.1 Å². The Kier molecular flexibility index (Phi) is 9.11. The number of carbonyl (C=O) groups is 2. The number of hydrogen-bond acceptors (Lipinski definition) is 3. The summed E-state index contributed by atoms with van der Waals surface area (Å²) in [6.07, 6.45) is 0.757. The van der Waals surface area contributed by atoms with Gasteiger partial charge in [0.15, 0.2) is 6.61 Å². The average Bonchev–Trinajstić information content (AvgIpc) is 2.71. The summed E-state index contributed by atoms with van der Waals surface area (Å²) >= 11 is 9.26. The lowest BCUT2D eigenvalue weighted by molar-refractivity contribution is -0.142. The fourth-order valence-corrected chi connectivity index (χ4v) is 3.47. The van der Waals surface area contributed by atoms with Crippen LogP contribution in [0.15, 0.2) is 46.9 Å². The van der Waals surface area contributed by atoms with Crippen LogP contribution in [0.1, 0.15) is 32.8 Å². The molecule has 0 spiro atoms. The molecule has 0 saturated carbocycles. The predicted octanol–water partition coefficient (Wildman–Crippen LogP) is 4.95. The van der Waals surface area contributed by atoms with Crippen molar-refractivity contribution in [2.24, 2.45) is 0 Å². The van der Waals surface area contributed by atoms with E-state index in [2.05, 4.69) is 21.2 Å². The maximum Gasteiger partial charge on any atom is 0.261 e. The van der Waals surface area contributed by atoms with Crippen LogP contribution in [0.5, 0.6) is 5.75 Å². The number of rotatable bonds is 9. The Labute approximate surface area is 189 Å². The second-order valence-corrected chi connectivity index (χ2v) is 8.26. The van der Waals surface area contributed by atoms with Crippen molar-refractivity contribution in [3.05, 3.63) is 63.3 Å². The van der Waals surface area contributed by atoms with Gasteiger partial charge >= 0.3 is 0 Å². The van der Waals surface area contributed by atoms with E-state index < -0.39 is 17.8 Å². The van der Waals surface area contributed by atoms with Crippen molar-refractivity contribution < 1.29 is 18.7 Å². The number of hydrogen-bond donors (Lipinski definition) is 1. The number of amides is 2. The monoisotopic (exact) mass is 498 g/mol. The minimum atomic E-state index is -0.802. The van der Waals surface area contributed by atoms with E-state index in [-0.39, 0.29) is 25.1 Å². The quantitative estimate of drug-likeness (QED) is 0.531. The molecule has 2 aromatic carbocycles. The van der Waals surface area contributed by atoms with E-state index in [1.54, 1.807) is 43.3 Å². The molecule has 8 heteroatoms. The number of benzene rings is 2. The summed E-state index contributed by atoms with van der Waals surface area (Å²) in [5.41, 5.74) is 0.321. The highest BCUT2D eigenvalue weighted by molar-refractivity contribution is 9.10. The molecule has 0 aliphatic rings. The molecular formula is C22H25BrClFN2O3. The van der Waals surface area contributed by atoms with Crippen molar-refractivity contribution in [3.8, 4) is 5.75 Å². The molecule has 5 nitrogen and oxygen atoms in total. The number of nitrogens with zero attached hydrogens (tertiary/aromatic N) is 1. The van der Waals surface area contributed by atoms with E-state index in [4.69, 9.17) is 16.3 Å². The normalized spacial score (nSPS) is 12.7. The molecule has 0 saturated heterocycles. The van der Waals surface area contributed by atoms with E-state index in [0.29, 0.717) is 20.8 Å². The fourth-order valence-electron chi connectivity index (χ4n) is 2.67. The molecule has 0 bridgehead atoms. The van der Waals surface area contributed by atoms with Gasteiger partial charge in [0.2, 0.25) is 5.91 Å². The molecule has 0 aliphatic carbocycles. The first-order valence-electron chi connectivity index (χ1n) is 9.64. The van der Waals surface area contributed by atoms with Gasteiger partial charge in [0.25, 0.3) is 5.91 Å².